The molecule has 4 aliphatic carbocycles. The number of hydrogen-bond acceptors (Lipinski definition) is 3. The minimum Gasteiger partial charge on any atom is -0.377 e. The third-order valence-corrected chi connectivity index (χ3v) is 11.1. The van der Waals surface area contributed by atoms with E-state index in [0.29, 0.717) is 23.7 Å². The monoisotopic (exact) mass is 466 g/mol. The standard InChI is InChI=1S/C29H42O3Si/c1-30-33(31-2,32-24-25-14-6-4-3-5-7-15-25)23-22-29(26-16-8-9-17-26,27-18-10-11-19-27)28-20-12-13-21-28/h8-13,16-21,25-28H,3-7,14-15,22-24H2,1-2H3. The van der Waals surface area contributed by atoms with E-state index in [1.807, 2.05) is 0 Å². The first-order valence-corrected chi connectivity index (χ1v) is 14.9. The van der Waals surface area contributed by atoms with Crippen molar-refractivity contribution in [3.8, 4) is 0 Å². The largest absolute Gasteiger partial charge is 0.500 e. The van der Waals surface area contributed by atoms with Crippen molar-refractivity contribution in [2.45, 2.75) is 57.4 Å². The highest BCUT2D eigenvalue weighted by Crippen LogP contribution is 2.54. The molecule has 0 spiro atoms. The Balaban J connectivity index is 1.53. The molecule has 4 aliphatic rings. The van der Waals surface area contributed by atoms with E-state index < -0.39 is 8.80 Å². The zero-order chi connectivity index (χ0) is 23.0. The van der Waals surface area contributed by atoms with Crippen LogP contribution in [0.1, 0.15) is 51.4 Å². The van der Waals surface area contributed by atoms with Crippen molar-refractivity contribution in [3.05, 3.63) is 72.9 Å². The molecule has 1 saturated carbocycles. The lowest BCUT2D eigenvalue weighted by atomic mass is 9.58. The molecule has 33 heavy (non-hydrogen) atoms. The van der Waals surface area contributed by atoms with Crippen molar-refractivity contribution in [2.24, 2.45) is 29.1 Å². The predicted molar refractivity (Wildman–Crippen MR) is 139 cm³/mol. The summed E-state index contributed by atoms with van der Waals surface area (Å²) in [7, 11) is 0.811. The van der Waals surface area contributed by atoms with E-state index in [0.717, 1.165) is 19.1 Å². The maximum atomic E-state index is 6.63. The van der Waals surface area contributed by atoms with Crippen molar-refractivity contribution >= 4 is 8.80 Å². The maximum absolute atomic E-state index is 6.63. The normalized spacial score (nSPS) is 22.7. The van der Waals surface area contributed by atoms with E-state index in [1.165, 1.54) is 44.9 Å². The van der Waals surface area contributed by atoms with Crippen LogP contribution >= 0.6 is 0 Å². The van der Waals surface area contributed by atoms with Gasteiger partial charge in [0.15, 0.2) is 0 Å². The van der Waals surface area contributed by atoms with Gasteiger partial charge in [0.05, 0.1) is 0 Å². The van der Waals surface area contributed by atoms with Crippen LogP contribution in [-0.2, 0) is 13.3 Å². The van der Waals surface area contributed by atoms with Gasteiger partial charge in [-0.15, -0.1) is 0 Å². The first-order chi connectivity index (χ1) is 16.2. The lowest BCUT2D eigenvalue weighted by Crippen LogP contribution is -2.48. The fourth-order valence-corrected chi connectivity index (χ4v) is 8.52. The zero-order valence-electron chi connectivity index (χ0n) is 20.5. The molecule has 0 N–H and O–H groups in total. The highest BCUT2D eigenvalue weighted by atomic mass is 28.4. The van der Waals surface area contributed by atoms with Crippen molar-refractivity contribution in [1.82, 2.24) is 0 Å². The number of rotatable bonds is 11. The Bertz CT molecular complexity index is 688. The summed E-state index contributed by atoms with van der Waals surface area (Å²) in [6, 6.07) is 0.835. The second-order valence-corrected chi connectivity index (χ2v) is 13.1. The second kappa shape index (κ2) is 11.8. The molecule has 0 radical (unpaired) electrons. The SMILES string of the molecule is CO[Si](CCC(C1C=CC=C1)(C1C=CC=C1)C1C=CC=C1)(OC)OCC1CCCCCCC1. The van der Waals surface area contributed by atoms with Gasteiger partial charge < -0.3 is 13.3 Å². The Hall–Kier alpha value is -1.46. The first-order valence-electron chi connectivity index (χ1n) is 13.0. The maximum Gasteiger partial charge on any atom is 0.500 e. The minimum atomic E-state index is -2.76. The molecule has 0 aromatic rings. The molecular formula is C29H42O3Si. The predicted octanol–water partition coefficient (Wildman–Crippen LogP) is 7.20. The minimum absolute atomic E-state index is 0.00933. The highest BCUT2D eigenvalue weighted by molar-refractivity contribution is 6.60. The van der Waals surface area contributed by atoms with E-state index >= 15 is 0 Å². The topological polar surface area (TPSA) is 27.7 Å². The van der Waals surface area contributed by atoms with Crippen LogP contribution in [0.15, 0.2) is 72.9 Å². The Kier molecular flexibility index (Phi) is 8.81. The summed E-state index contributed by atoms with van der Waals surface area (Å²) in [4.78, 5) is 0. The van der Waals surface area contributed by atoms with Gasteiger partial charge in [-0.1, -0.05) is 105 Å². The van der Waals surface area contributed by atoms with Crippen molar-refractivity contribution in [1.29, 1.82) is 0 Å². The molecule has 0 aromatic carbocycles. The second-order valence-electron chi connectivity index (χ2n) is 10.1. The molecule has 4 heteroatoms. The molecule has 0 unspecified atom stereocenters. The first kappa shape index (κ1) is 24.7. The molecule has 3 nitrogen and oxygen atoms in total. The number of allylic oxidation sites excluding steroid dienone is 12. The molecule has 1 fully saturated rings. The Morgan fingerprint density at radius 3 is 1.52 bits per heavy atom. The Morgan fingerprint density at radius 1 is 0.667 bits per heavy atom. The smallest absolute Gasteiger partial charge is 0.377 e. The average Bonchev–Trinajstić information content (AvgIpc) is 3.62. The lowest BCUT2D eigenvalue weighted by Gasteiger charge is -2.46. The van der Waals surface area contributed by atoms with Crippen LogP contribution in [0, 0.1) is 29.1 Å². The van der Waals surface area contributed by atoms with Crippen LogP contribution in [0.4, 0.5) is 0 Å². The van der Waals surface area contributed by atoms with Gasteiger partial charge in [-0.2, -0.15) is 0 Å². The molecule has 0 bridgehead atoms. The summed E-state index contributed by atoms with van der Waals surface area (Å²) in [6.45, 7) is 0.774. The summed E-state index contributed by atoms with van der Waals surface area (Å²) < 4.78 is 18.8. The van der Waals surface area contributed by atoms with E-state index in [1.54, 1.807) is 14.2 Å². The van der Waals surface area contributed by atoms with Crippen LogP contribution in [-0.4, -0.2) is 29.6 Å². The molecule has 0 aliphatic heterocycles. The van der Waals surface area contributed by atoms with E-state index in [-0.39, 0.29) is 5.41 Å². The summed E-state index contributed by atoms with van der Waals surface area (Å²) in [5.41, 5.74) is 0.00933. The molecule has 0 aromatic heterocycles. The molecular weight excluding hydrogens is 424 g/mol. The summed E-state index contributed by atoms with van der Waals surface area (Å²) >= 11 is 0. The van der Waals surface area contributed by atoms with Gasteiger partial charge in [0.1, 0.15) is 0 Å². The summed E-state index contributed by atoms with van der Waals surface area (Å²) in [5, 5.41) is 0. The van der Waals surface area contributed by atoms with Gasteiger partial charge in [0, 0.05) is 44.6 Å². The van der Waals surface area contributed by atoms with E-state index in [4.69, 9.17) is 13.3 Å². The third kappa shape index (κ3) is 5.62. The van der Waals surface area contributed by atoms with Gasteiger partial charge in [-0.3, -0.25) is 0 Å². The molecule has 180 valence electrons. The van der Waals surface area contributed by atoms with Crippen LogP contribution in [0.5, 0.6) is 0 Å². The molecule has 4 rings (SSSR count). The van der Waals surface area contributed by atoms with Gasteiger partial charge in [0.25, 0.3) is 0 Å². The molecule has 0 saturated heterocycles. The van der Waals surface area contributed by atoms with E-state index in [2.05, 4.69) is 72.9 Å². The van der Waals surface area contributed by atoms with Crippen LogP contribution in [0.25, 0.3) is 0 Å². The fourth-order valence-electron chi connectivity index (χ4n) is 6.34. The summed E-state index contributed by atoms with van der Waals surface area (Å²) in [6.07, 6.45) is 37.8. The van der Waals surface area contributed by atoms with Crippen LogP contribution in [0.3, 0.4) is 0 Å². The molecule has 0 heterocycles. The van der Waals surface area contributed by atoms with Gasteiger partial charge >= 0.3 is 8.80 Å². The molecule has 0 amide bonds. The van der Waals surface area contributed by atoms with Crippen LogP contribution in [0.2, 0.25) is 6.04 Å². The molecule has 0 atom stereocenters. The Morgan fingerprint density at radius 2 is 1.09 bits per heavy atom. The van der Waals surface area contributed by atoms with Gasteiger partial charge in [0.2, 0.25) is 0 Å². The third-order valence-electron chi connectivity index (χ3n) is 8.36. The number of hydrogen-bond donors (Lipinski definition) is 0. The fraction of sp³-hybridized carbons (Fsp3) is 0.586. The van der Waals surface area contributed by atoms with Gasteiger partial charge in [-0.05, 0) is 30.6 Å². The lowest BCUT2D eigenvalue weighted by molar-refractivity contribution is 0.0642. The van der Waals surface area contributed by atoms with Crippen molar-refractivity contribution in [2.75, 3.05) is 20.8 Å². The van der Waals surface area contributed by atoms with E-state index in [9.17, 15) is 0 Å². The van der Waals surface area contributed by atoms with Crippen LogP contribution < -0.4 is 0 Å². The Labute approximate surface area is 202 Å². The quantitative estimate of drug-likeness (QED) is 0.301. The average molecular weight is 467 g/mol. The highest BCUT2D eigenvalue weighted by Gasteiger charge is 2.50. The van der Waals surface area contributed by atoms with Gasteiger partial charge in [-0.25, -0.2) is 0 Å². The van der Waals surface area contributed by atoms with Crippen molar-refractivity contribution in [3.63, 3.8) is 0 Å². The van der Waals surface area contributed by atoms with Crippen molar-refractivity contribution < 1.29 is 13.3 Å². The zero-order valence-corrected chi connectivity index (χ0v) is 21.5. The summed E-state index contributed by atoms with van der Waals surface area (Å²) in [5.74, 6) is 1.75.